The lowest BCUT2D eigenvalue weighted by Gasteiger charge is -2.18. The Balaban J connectivity index is 4.07. The minimum Gasteiger partial charge on any atom is -0.547 e. The molecule has 4 heteroatoms. The van der Waals surface area contributed by atoms with Crippen LogP contribution in [0.3, 0.4) is 0 Å². The van der Waals surface area contributed by atoms with Gasteiger partial charge in [-0.1, -0.05) is 0 Å². The fourth-order valence-electron chi connectivity index (χ4n) is 0.686. The van der Waals surface area contributed by atoms with Gasteiger partial charge < -0.3 is 9.53 Å². The van der Waals surface area contributed by atoms with E-state index in [4.69, 9.17) is 9.53 Å². The van der Waals surface area contributed by atoms with Crippen molar-refractivity contribution >= 4 is 14.3 Å². The monoisotopic (exact) mass is 174 g/mol. The Bertz CT molecular complexity index is 179. The Morgan fingerprint density at radius 3 is 2.18 bits per heavy atom. The molecule has 0 heterocycles. The molecular formula is C7H14O3Si. The lowest BCUT2D eigenvalue weighted by Crippen LogP contribution is -2.24. The Morgan fingerprint density at radius 2 is 1.91 bits per heavy atom. The van der Waals surface area contributed by atoms with Crippen molar-refractivity contribution in [1.29, 1.82) is 0 Å². The van der Waals surface area contributed by atoms with Crippen LogP contribution in [0.2, 0.25) is 19.6 Å². The number of rotatable bonds is 3. The maximum atomic E-state index is 10.2. The summed E-state index contributed by atoms with van der Waals surface area (Å²) in [7, 11) is -1.62. The van der Waals surface area contributed by atoms with Gasteiger partial charge in [0.05, 0.1) is 11.8 Å². The summed E-state index contributed by atoms with van der Waals surface area (Å²) in [6.45, 7) is 7.68. The van der Waals surface area contributed by atoms with Crippen LogP contribution in [-0.4, -0.2) is 19.4 Å². The molecule has 0 aromatic carbocycles. The first kappa shape index (κ1) is 10.2. The molecule has 0 bridgehead atoms. The van der Waals surface area contributed by atoms with Gasteiger partial charge in [-0.15, -0.1) is 0 Å². The second-order valence-electron chi connectivity index (χ2n) is 3.31. The van der Waals surface area contributed by atoms with Gasteiger partial charge in [0.1, 0.15) is 0 Å². The van der Waals surface area contributed by atoms with Crippen molar-refractivity contribution in [2.45, 2.75) is 26.6 Å². The molecule has 11 heavy (non-hydrogen) atoms. The molecule has 0 amide bonds. The summed E-state index contributed by atoms with van der Waals surface area (Å²) in [5.74, 6) is -0.475. The molecule has 0 aliphatic rings. The highest BCUT2D eigenvalue weighted by Crippen LogP contribution is 2.08. The Morgan fingerprint density at radius 1 is 1.45 bits per heavy atom. The van der Waals surface area contributed by atoms with Crippen molar-refractivity contribution in [3.63, 3.8) is 0 Å². The predicted octanol–water partition coefficient (Wildman–Crippen LogP) is 1.83. The average molecular weight is 174 g/mol. The van der Waals surface area contributed by atoms with Crippen LogP contribution in [0, 0.1) is 0 Å². The Kier molecular flexibility index (Phi) is 3.32. The van der Waals surface area contributed by atoms with Crippen LogP contribution in [0.15, 0.2) is 11.8 Å². The van der Waals surface area contributed by atoms with E-state index in [1.54, 1.807) is 6.92 Å². The minimum atomic E-state index is -1.62. The van der Waals surface area contributed by atoms with E-state index in [1.165, 1.54) is 0 Å². The highest BCUT2D eigenvalue weighted by Gasteiger charge is 2.15. The van der Waals surface area contributed by atoms with E-state index in [1.807, 2.05) is 19.6 Å². The molecule has 0 rings (SSSR count). The van der Waals surface area contributed by atoms with Crippen LogP contribution < -0.4 is 0 Å². The van der Waals surface area contributed by atoms with Crippen molar-refractivity contribution in [2.75, 3.05) is 0 Å². The maximum absolute atomic E-state index is 10.2. The molecule has 0 saturated carbocycles. The smallest absolute Gasteiger partial charge is 0.331 e. The summed E-state index contributed by atoms with van der Waals surface area (Å²) < 4.78 is 5.37. The maximum Gasteiger partial charge on any atom is 0.331 e. The van der Waals surface area contributed by atoms with Crippen LogP contribution in [0.25, 0.3) is 0 Å². The predicted molar refractivity (Wildman–Crippen MR) is 45.8 cm³/mol. The SMILES string of the molecule is C/C(=C/C(=O)O)O[Si](C)(C)C. The number of aliphatic carboxylic acids is 1. The van der Waals surface area contributed by atoms with Crippen molar-refractivity contribution in [3.05, 3.63) is 11.8 Å². The molecule has 1 N–H and O–H groups in total. The van der Waals surface area contributed by atoms with Crippen molar-refractivity contribution < 1.29 is 14.3 Å². The van der Waals surface area contributed by atoms with E-state index in [-0.39, 0.29) is 0 Å². The van der Waals surface area contributed by atoms with Gasteiger partial charge in [-0.25, -0.2) is 4.79 Å². The van der Waals surface area contributed by atoms with Crippen molar-refractivity contribution in [1.82, 2.24) is 0 Å². The lowest BCUT2D eigenvalue weighted by molar-refractivity contribution is -0.131. The number of hydrogen-bond donors (Lipinski definition) is 1. The summed E-state index contributed by atoms with van der Waals surface area (Å²) in [6.07, 6.45) is 1.08. The average Bonchev–Trinajstić information content (AvgIpc) is 1.53. The quantitative estimate of drug-likeness (QED) is 0.403. The van der Waals surface area contributed by atoms with Gasteiger partial charge in [-0.3, -0.25) is 0 Å². The normalized spacial score (nSPS) is 12.9. The number of allylic oxidation sites excluding steroid dienone is 1. The minimum absolute atomic E-state index is 0.483. The van der Waals surface area contributed by atoms with Crippen LogP contribution in [0.1, 0.15) is 6.92 Å². The van der Waals surface area contributed by atoms with Gasteiger partial charge in [-0.2, -0.15) is 0 Å². The zero-order valence-corrected chi connectivity index (χ0v) is 8.34. The third-order valence-electron chi connectivity index (χ3n) is 0.794. The molecule has 0 aliphatic carbocycles. The van der Waals surface area contributed by atoms with Crippen LogP contribution in [0.4, 0.5) is 0 Å². The van der Waals surface area contributed by atoms with Gasteiger partial charge >= 0.3 is 5.97 Å². The van der Waals surface area contributed by atoms with Gasteiger partial charge in [0, 0.05) is 0 Å². The first-order valence-corrected chi connectivity index (χ1v) is 6.82. The van der Waals surface area contributed by atoms with E-state index in [0.29, 0.717) is 5.76 Å². The zero-order valence-electron chi connectivity index (χ0n) is 7.34. The molecule has 0 atom stereocenters. The summed E-state index contributed by atoms with van der Waals surface area (Å²) in [6, 6.07) is 0. The van der Waals surface area contributed by atoms with Gasteiger partial charge in [0.15, 0.2) is 0 Å². The lowest BCUT2D eigenvalue weighted by atomic mass is 10.5. The first-order chi connectivity index (χ1) is 4.81. The molecule has 0 saturated heterocycles. The largest absolute Gasteiger partial charge is 0.547 e. The molecular weight excluding hydrogens is 160 g/mol. The van der Waals surface area contributed by atoms with E-state index in [2.05, 4.69) is 0 Å². The molecule has 64 valence electrons. The second kappa shape index (κ2) is 3.57. The zero-order chi connectivity index (χ0) is 9.07. The highest BCUT2D eigenvalue weighted by molar-refractivity contribution is 6.70. The van der Waals surface area contributed by atoms with Crippen molar-refractivity contribution in [2.24, 2.45) is 0 Å². The summed E-state index contributed by atoms with van der Waals surface area (Å²) in [5, 5.41) is 8.34. The summed E-state index contributed by atoms with van der Waals surface area (Å²) in [4.78, 5) is 10.2. The molecule has 3 nitrogen and oxygen atoms in total. The van der Waals surface area contributed by atoms with Gasteiger partial charge in [-0.05, 0) is 26.6 Å². The van der Waals surface area contributed by atoms with Gasteiger partial charge in [0.2, 0.25) is 8.32 Å². The highest BCUT2D eigenvalue weighted by atomic mass is 28.4. The molecule has 0 unspecified atom stereocenters. The van der Waals surface area contributed by atoms with E-state index in [9.17, 15) is 4.79 Å². The first-order valence-electron chi connectivity index (χ1n) is 3.41. The van der Waals surface area contributed by atoms with E-state index < -0.39 is 14.3 Å². The number of carbonyl (C=O) groups is 1. The number of carboxylic acid groups (broad SMARTS) is 1. The molecule has 0 spiro atoms. The van der Waals surface area contributed by atoms with Crippen molar-refractivity contribution in [3.8, 4) is 0 Å². The van der Waals surface area contributed by atoms with Crippen LogP contribution in [-0.2, 0) is 9.22 Å². The summed E-state index contributed by atoms with van der Waals surface area (Å²) in [5.41, 5.74) is 0. The topological polar surface area (TPSA) is 46.5 Å². The fraction of sp³-hybridized carbons (Fsp3) is 0.571. The summed E-state index contributed by atoms with van der Waals surface area (Å²) >= 11 is 0. The fourth-order valence-corrected chi connectivity index (χ4v) is 1.71. The number of carboxylic acids is 1. The molecule has 0 aliphatic heterocycles. The Labute approximate surface area is 67.8 Å². The van der Waals surface area contributed by atoms with Crippen LogP contribution in [0.5, 0.6) is 0 Å². The van der Waals surface area contributed by atoms with Gasteiger partial charge in [0.25, 0.3) is 0 Å². The number of hydrogen-bond acceptors (Lipinski definition) is 2. The Hall–Kier alpha value is -0.773. The standard InChI is InChI=1S/C7H14O3Si/c1-6(5-7(8)9)10-11(2,3)4/h5H,1-4H3,(H,8,9)/b6-5-. The van der Waals surface area contributed by atoms with E-state index in [0.717, 1.165) is 6.08 Å². The molecule has 0 aromatic heterocycles. The van der Waals surface area contributed by atoms with Crippen LogP contribution >= 0.6 is 0 Å². The molecule has 0 aromatic rings. The second-order valence-corrected chi connectivity index (χ2v) is 7.74. The third-order valence-corrected chi connectivity index (χ3v) is 1.73. The third kappa shape index (κ3) is 7.12. The molecule has 0 radical (unpaired) electrons. The van der Waals surface area contributed by atoms with E-state index >= 15 is 0 Å². The molecule has 0 fully saturated rings.